The molecule has 0 aromatic carbocycles. The molecule has 0 radical (unpaired) electrons. The molecule has 16 heavy (non-hydrogen) atoms. The minimum atomic E-state index is -3.55. The summed E-state index contributed by atoms with van der Waals surface area (Å²) in [4.78, 5) is 10.7. The first-order valence-corrected chi connectivity index (χ1v) is 5.88. The summed E-state index contributed by atoms with van der Waals surface area (Å²) in [5, 5.41) is 0. The van der Waals surface area contributed by atoms with Gasteiger partial charge in [0.25, 0.3) is 10.1 Å². The van der Waals surface area contributed by atoms with Gasteiger partial charge in [0.05, 0.1) is 5.75 Å². The summed E-state index contributed by atoms with van der Waals surface area (Å²) >= 11 is 0. The Bertz CT molecular complexity index is 347. The van der Waals surface area contributed by atoms with Crippen molar-refractivity contribution in [3.63, 3.8) is 0 Å². The zero-order valence-electron chi connectivity index (χ0n) is 8.56. The number of carbonyl (C=O) groups excluding carboxylic acids is 1. The minimum absolute atomic E-state index is 0. The Morgan fingerprint density at radius 3 is 2.44 bits per heavy atom. The summed E-state index contributed by atoms with van der Waals surface area (Å²) < 4.78 is 31.2. The van der Waals surface area contributed by atoms with E-state index in [1.165, 1.54) is 0 Å². The second-order valence-corrected chi connectivity index (χ2v) is 4.45. The van der Waals surface area contributed by atoms with Gasteiger partial charge in [-0.05, 0) is 6.42 Å². The summed E-state index contributed by atoms with van der Waals surface area (Å²) in [5.41, 5.74) is 0. The first kappa shape index (κ1) is 18.2. The summed E-state index contributed by atoms with van der Waals surface area (Å²) in [5.74, 6) is -0.841. The molecular weight excluding hydrogens is 243 g/mol. The average molecular weight is 258 g/mol. The number of rotatable bonds is 7. The molecule has 0 aliphatic rings. The molecule has 0 saturated heterocycles. The van der Waals surface area contributed by atoms with Gasteiger partial charge in [0, 0.05) is 6.08 Å². The summed E-state index contributed by atoms with van der Waals surface area (Å²) in [7, 11) is -3.55. The molecule has 0 heterocycles. The van der Waals surface area contributed by atoms with E-state index in [4.69, 9.17) is 0 Å². The molecule has 0 aliphatic carbocycles. The third-order valence-electron chi connectivity index (χ3n) is 1.27. The molecule has 0 aliphatic heterocycles. The Labute approximate surface area is 118 Å². The van der Waals surface area contributed by atoms with Crippen LogP contribution in [0.4, 0.5) is 0 Å². The zero-order valence-corrected chi connectivity index (χ0v) is 9.38. The van der Waals surface area contributed by atoms with Gasteiger partial charge < -0.3 is 4.74 Å². The van der Waals surface area contributed by atoms with Crippen LogP contribution in [-0.2, 0) is 23.8 Å². The molecule has 0 unspecified atom stereocenters. The molecule has 0 bridgehead atoms. The van der Waals surface area contributed by atoms with Gasteiger partial charge in [-0.25, -0.2) is 4.79 Å². The first-order chi connectivity index (χ1) is 6.91. The van der Waals surface area contributed by atoms with E-state index in [0.717, 1.165) is 6.08 Å². The van der Waals surface area contributed by atoms with E-state index in [9.17, 15) is 13.2 Å². The molecule has 0 aromatic rings. The van der Waals surface area contributed by atoms with Crippen LogP contribution in [0.15, 0.2) is 25.0 Å². The van der Waals surface area contributed by atoms with Crippen molar-refractivity contribution in [3.05, 3.63) is 25.0 Å². The SMILES string of the molecule is C=CC(=O)OC(=C)COS(=O)(=O)CCC.[NaH]. The molecule has 0 atom stereocenters. The van der Waals surface area contributed by atoms with Crippen molar-refractivity contribution in [1.82, 2.24) is 0 Å². The Morgan fingerprint density at radius 1 is 1.44 bits per heavy atom. The molecule has 0 N–H and O–H groups in total. The van der Waals surface area contributed by atoms with Crippen molar-refractivity contribution >= 4 is 45.6 Å². The number of hydrogen-bond donors (Lipinski definition) is 0. The predicted molar refractivity (Wildman–Crippen MR) is 62.6 cm³/mol. The van der Waals surface area contributed by atoms with Gasteiger partial charge in [-0.15, -0.1) is 0 Å². The second-order valence-electron chi connectivity index (χ2n) is 2.69. The van der Waals surface area contributed by atoms with Crippen molar-refractivity contribution in [2.75, 3.05) is 12.4 Å². The van der Waals surface area contributed by atoms with Crippen LogP contribution in [0, 0.1) is 0 Å². The quantitative estimate of drug-likeness (QED) is 0.216. The topological polar surface area (TPSA) is 69.7 Å². The molecule has 0 amide bonds. The third kappa shape index (κ3) is 9.11. The van der Waals surface area contributed by atoms with Gasteiger partial charge in [0.1, 0.15) is 12.4 Å². The van der Waals surface area contributed by atoms with E-state index in [0.29, 0.717) is 6.42 Å². The van der Waals surface area contributed by atoms with Crippen LogP contribution in [-0.4, -0.2) is 56.3 Å². The van der Waals surface area contributed by atoms with Crippen LogP contribution in [0.1, 0.15) is 13.3 Å². The number of esters is 1. The van der Waals surface area contributed by atoms with Gasteiger partial charge >= 0.3 is 35.5 Å². The molecule has 88 valence electrons. The maximum absolute atomic E-state index is 11.1. The average Bonchev–Trinajstić information content (AvgIpc) is 2.15. The third-order valence-corrected chi connectivity index (χ3v) is 2.65. The monoisotopic (exact) mass is 258 g/mol. The van der Waals surface area contributed by atoms with E-state index < -0.39 is 16.1 Å². The molecule has 0 fully saturated rings. The fourth-order valence-electron chi connectivity index (χ4n) is 0.678. The molecule has 0 rings (SSSR count). The van der Waals surface area contributed by atoms with Crippen LogP contribution in [0.2, 0.25) is 0 Å². The van der Waals surface area contributed by atoms with Crippen LogP contribution in [0.25, 0.3) is 0 Å². The molecule has 0 aromatic heterocycles. The number of hydrogen-bond acceptors (Lipinski definition) is 5. The zero-order chi connectivity index (χ0) is 11.9. The van der Waals surface area contributed by atoms with E-state index in [1.54, 1.807) is 6.92 Å². The van der Waals surface area contributed by atoms with Crippen LogP contribution in [0.5, 0.6) is 0 Å². The van der Waals surface area contributed by atoms with Gasteiger partial charge in [0.2, 0.25) is 0 Å². The van der Waals surface area contributed by atoms with Crippen molar-refractivity contribution < 1.29 is 22.1 Å². The Hall–Kier alpha value is -0.140. The van der Waals surface area contributed by atoms with Gasteiger partial charge in [-0.1, -0.05) is 20.1 Å². The Kier molecular flexibility index (Phi) is 10.2. The fraction of sp³-hybridized carbons (Fsp3) is 0.444. The van der Waals surface area contributed by atoms with E-state index in [1.807, 2.05) is 0 Å². The Morgan fingerprint density at radius 2 is 2.00 bits per heavy atom. The molecule has 0 saturated carbocycles. The Balaban J connectivity index is 0. The predicted octanol–water partition coefficient (Wildman–Crippen LogP) is 0.337. The van der Waals surface area contributed by atoms with E-state index >= 15 is 0 Å². The molecular formula is C9H15NaO5S. The van der Waals surface area contributed by atoms with Crippen molar-refractivity contribution in [2.24, 2.45) is 0 Å². The molecule has 7 heteroatoms. The number of ether oxygens (including phenoxy) is 1. The fourth-order valence-corrected chi connectivity index (χ4v) is 1.61. The van der Waals surface area contributed by atoms with Crippen molar-refractivity contribution in [2.45, 2.75) is 13.3 Å². The summed E-state index contributed by atoms with van der Waals surface area (Å²) in [6.07, 6.45) is 1.41. The van der Waals surface area contributed by atoms with Crippen LogP contribution in [0.3, 0.4) is 0 Å². The van der Waals surface area contributed by atoms with Crippen LogP contribution >= 0.6 is 0 Å². The maximum atomic E-state index is 11.1. The van der Waals surface area contributed by atoms with E-state index in [-0.39, 0.29) is 47.7 Å². The van der Waals surface area contributed by atoms with E-state index in [2.05, 4.69) is 22.1 Å². The van der Waals surface area contributed by atoms with Gasteiger partial charge in [-0.3, -0.25) is 4.18 Å². The second kappa shape index (κ2) is 8.95. The number of carbonyl (C=O) groups is 1. The first-order valence-electron chi connectivity index (χ1n) is 4.30. The normalized spacial score (nSPS) is 10.1. The van der Waals surface area contributed by atoms with Gasteiger partial charge in [0.15, 0.2) is 0 Å². The molecule has 5 nitrogen and oxygen atoms in total. The standard InChI is InChI=1S/C9H14O5S.Na.H/c1-4-6-15(11,12)13-7-8(3)14-9(10)5-2;;/h5H,2-4,6-7H2,1H3;;. The summed E-state index contributed by atoms with van der Waals surface area (Å²) in [6.45, 7) is 7.86. The summed E-state index contributed by atoms with van der Waals surface area (Å²) in [6, 6.07) is 0. The van der Waals surface area contributed by atoms with Crippen molar-refractivity contribution in [3.8, 4) is 0 Å². The van der Waals surface area contributed by atoms with Crippen LogP contribution < -0.4 is 0 Å². The van der Waals surface area contributed by atoms with Crippen molar-refractivity contribution in [1.29, 1.82) is 0 Å². The van der Waals surface area contributed by atoms with Gasteiger partial charge in [-0.2, -0.15) is 8.42 Å². The molecule has 0 spiro atoms.